The van der Waals surface area contributed by atoms with Crippen molar-refractivity contribution in [2.24, 2.45) is 0 Å². The minimum atomic E-state index is -4.78. The second kappa shape index (κ2) is 16.8. The molecule has 0 aliphatic rings. The van der Waals surface area contributed by atoms with Crippen molar-refractivity contribution in [2.75, 3.05) is 6.61 Å². The maximum atomic E-state index is 11.6. The number of rotatable bonds is 16. The third-order valence-electron chi connectivity index (χ3n) is 3.97. The van der Waals surface area contributed by atoms with Crippen molar-refractivity contribution in [1.82, 2.24) is 0 Å². The summed E-state index contributed by atoms with van der Waals surface area (Å²) in [4.78, 5) is 22.1. The third-order valence-corrected chi connectivity index (χ3v) is 5.05. The van der Waals surface area contributed by atoms with Crippen molar-refractivity contribution in [3.8, 4) is 0 Å². The quantitative estimate of drug-likeness (QED) is 0.174. The van der Waals surface area contributed by atoms with Crippen LogP contribution in [0.3, 0.4) is 0 Å². The molecule has 1 unspecified atom stereocenters. The number of carboxylic acids is 1. The number of carbonyl (C=O) groups is 2. The number of ether oxygens (including phenoxy) is 1. The van der Waals surface area contributed by atoms with Gasteiger partial charge in [-0.05, 0) is 6.42 Å². The number of esters is 1. The number of unbranched alkanes of at least 4 members (excludes halogenated alkanes) is 10. The molecule has 0 heterocycles. The Labute approximate surface area is 176 Å². The van der Waals surface area contributed by atoms with Gasteiger partial charge in [-0.25, -0.2) is 0 Å². The van der Waals surface area contributed by atoms with Gasteiger partial charge in [0.15, 0.2) is 5.25 Å². The van der Waals surface area contributed by atoms with E-state index in [1.807, 2.05) is 0 Å². The van der Waals surface area contributed by atoms with Gasteiger partial charge in [-0.1, -0.05) is 71.1 Å². The van der Waals surface area contributed by atoms with Crippen LogP contribution in [0.4, 0.5) is 0 Å². The summed E-state index contributed by atoms with van der Waals surface area (Å²) in [5, 5.41) is 6.53. The second-order valence-corrected chi connectivity index (χ2v) is 7.90. The predicted molar refractivity (Wildman–Crippen MR) is 103 cm³/mol. The monoisotopic (exact) mass is 406 g/mol. The molecule has 0 aliphatic carbocycles. The first-order valence-electron chi connectivity index (χ1n) is 9.13. The zero-order chi connectivity index (χ0) is 19.1. The molecule has 0 rings (SSSR count). The smallest absolute Gasteiger partial charge is 1.00 e. The van der Waals surface area contributed by atoms with Crippen LogP contribution in [-0.2, 0) is 24.4 Å². The van der Waals surface area contributed by atoms with Crippen LogP contribution >= 0.6 is 0 Å². The fraction of sp³-hybridized carbons (Fsp3) is 0.882. The maximum absolute atomic E-state index is 11.6. The fourth-order valence-electron chi connectivity index (χ4n) is 2.50. The molecule has 0 fully saturated rings. The summed E-state index contributed by atoms with van der Waals surface area (Å²) in [6.45, 7) is 2.23. The van der Waals surface area contributed by atoms with Crippen LogP contribution in [0.2, 0.25) is 0 Å². The van der Waals surface area contributed by atoms with E-state index in [2.05, 4.69) is 6.92 Å². The van der Waals surface area contributed by atoms with Crippen molar-refractivity contribution < 1.29 is 35.3 Å². The summed E-state index contributed by atoms with van der Waals surface area (Å²) in [5.74, 6) is -2.70. The normalized spacial score (nSPS) is 12.2. The summed E-state index contributed by atoms with van der Waals surface area (Å²) in [5.41, 5.74) is 0. The largest absolute Gasteiger partial charge is 2.00 e. The Morgan fingerprint density at radius 1 is 0.923 bits per heavy atom. The number of carboxylic acid groups (broad SMARTS) is 1. The molecule has 0 spiro atoms. The molecule has 1 atom stereocenters. The van der Waals surface area contributed by atoms with Gasteiger partial charge in [-0.15, -0.1) is 0 Å². The van der Waals surface area contributed by atoms with Crippen molar-refractivity contribution >= 4 is 45.1 Å². The summed E-state index contributed by atoms with van der Waals surface area (Å²) >= 11 is 0. The fourth-order valence-corrected chi connectivity index (χ4v) is 3.17. The third kappa shape index (κ3) is 15.8. The van der Waals surface area contributed by atoms with Gasteiger partial charge in [0.25, 0.3) is 10.1 Å². The first-order chi connectivity index (χ1) is 11.8. The first-order valence-corrected chi connectivity index (χ1v) is 10.6. The Morgan fingerprint density at radius 3 is 1.73 bits per heavy atom. The van der Waals surface area contributed by atoms with Gasteiger partial charge in [-0.2, -0.15) is 8.42 Å². The minimum absolute atomic E-state index is 0. The van der Waals surface area contributed by atoms with Gasteiger partial charge in [0.2, 0.25) is 0 Å². The molecule has 0 bridgehead atoms. The van der Waals surface area contributed by atoms with Crippen molar-refractivity contribution in [2.45, 2.75) is 89.2 Å². The van der Waals surface area contributed by atoms with Crippen molar-refractivity contribution in [3.63, 3.8) is 0 Å². The molecule has 0 saturated heterocycles. The van der Waals surface area contributed by atoms with Gasteiger partial charge in [0.05, 0.1) is 13.0 Å². The summed E-state index contributed by atoms with van der Waals surface area (Å²) in [6, 6.07) is 0. The van der Waals surface area contributed by atoms with Crippen LogP contribution < -0.4 is 0 Å². The molecule has 0 radical (unpaired) electrons. The molecule has 0 aliphatic heterocycles. The average molecular weight is 407 g/mol. The van der Waals surface area contributed by atoms with Gasteiger partial charge in [0.1, 0.15) is 0 Å². The van der Waals surface area contributed by atoms with Gasteiger partial charge in [-0.3, -0.25) is 14.1 Å². The Morgan fingerprint density at radius 2 is 1.35 bits per heavy atom. The first kappa shape index (κ1) is 27.8. The summed E-state index contributed by atoms with van der Waals surface area (Å²) in [7, 11) is -4.78. The SMILES string of the molecule is CCCCCCCCCCCCCOC(=O)C(CC(=O)O)S(=O)(=O)O.[H-].[H-].[Mg+2]. The number of hydrogen-bond acceptors (Lipinski definition) is 5. The predicted octanol–water partition coefficient (Wildman–Crippen LogP) is 3.42. The van der Waals surface area contributed by atoms with Crippen LogP contribution in [-0.4, -0.2) is 64.9 Å². The molecular formula is C17H34MgO7S. The Hall–Kier alpha value is -0.384. The van der Waals surface area contributed by atoms with Crippen molar-refractivity contribution in [1.29, 1.82) is 0 Å². The van der Waals surface area contributed by atoms with E-state index in [9.17, 15) is 18.0 Å². The number of aliphatic carboxylic acids is 1. The van der Waals surface area contributed by atoms with E-state index < -0.39 is 33.7 Å². The molecule has 0 aromatic carbocycles. The van der Waals surface area contributed by atoms with Crippen molar-refractivity contribution in [3.05, 3.63) is 0 Å². The summed E-state index contributed by atoms with van der Waals surface area (Å²) in [6.07, 6.45) is 11.5. The Balaban J connectivity index is -0.000000960. The van der Waals surface area contributed by atoms with Crippen LogP contribution in [0.15, 0.2) is 0 Å². The molecular weight excluding hydrogens is 373 g/mol. The molecule has 7 nitrogen and oxygen atoms in total. The van der Waals surface area contributed by atoms with Gasteiger partial charge >= 0.3 is 35.0 Å². The molecule has 26 heavy (non-hydrogen) atoms. The Bertz CT molecular complexity index is 490. The van der Waals surface area contributed by atoms with Crippen LogP contribution in [0, 0.1) is 0 Å². The maximum Gasteiger partial charge on any atom is 2.00 e. The van der Waals surface area contributed by atoms with Gasteiger partial charge < -0.3 is 12.7 Å². The molecule has 0 amide bonds. The Kier molecular flexibility index (Phi) is 17.9. The molecule has 152 valence electrons. The van der Waals surface area contributed by atoms with E-state index in [-0.39, 0.29) is 32.5 Å². The van der Waals surface area contributed by atoms with E-state index in [1.165, 1.54) is 44.9 Å². The van der Waals surface area contributed by atoms with Crippen LogP contribution in [0.1, 0.15) is 86.8 Å². The number of hydrogen-bond donors (Lipinski definition) is 2. The molecule has 0 aromatic rings. The number of carbonyl (C=O) groups excluding carboxylic acids is 1. The zero-order valence-electron chi connectivity index (χ0n) is 17.8. The van der Waals surface area contributed by atoms with E-state index in [0.29, 0.717) is 6.42 Å². The molecule has 0 aromatic heterocycles. The van der Waals surface area contributed by atoms with E-state index in [1.54, 1.807) is 0 Å². The summed E-state index contributed by atoms with van der Waals surface area (Å²) < 4.78 is 35.7. The molecule has 9 heteroatoms. The minimum Gasteiger partial charge on any atom is -1.00 e. The second-order valence-electron chi connectivity index (χ2n) is 6.30. The van der Waals surface area contributed by atoms with Crippen LogP contribution in [0.25, 0.3) is 0 Å². The zero-order valence-corrected chi connectivity index (χ0v) is 18.1. The molecule has 2 N–H and O–H groups in total. The van der Waals surface area contributed by atoms with E-state index in [4.69, 9.17) is 14.4 Å². The molecule has 0 saturated carbocycles. The van der Waals surface area contributed by atoms with E-state index >= 15 is 0 Å². The van der Waals surface area contributed by atoms with Gasteiger partial charge in [0, 0.05) is 0 Å². The standard InChI is InChI=1S/C17H32O7S.Mg.2H/c1-2-3-4-5-6-7-8-9-10-11-12-13-24-17(20)15(14-16(18)19)25(21,22)23;;;/h15H,2-14H2,1H3,(H,18,19)(H,21,22,23);;;/q;+2;2*-1. The van der Waals surface area contributed by atoms with E-state index in [0.717, 1.165) is 19.3 Å². The topological polar surface area (TPSA) is 118 Å². The van der Waals surface area contributed by atoms with Crippen LogP contribution in [0.5, 0.6) is 0 Å². The average Bonchev–Trinajstić information content (AvgIpc) is 2.52.